The van der Waals surface area contributed by atoms with Gasteiger partial charge in [-0.1, -0.05) is 52.4 Å². The first kappa shape index (κ1) is 18.0. The lowest BCUT2D eigenvalue weighted by atomic mass is 10.1. The Hall–Kier alpha value is -1.06. The molecule has 1 N–H and O–H groups in total. The van der Waals surface area contributed by atoms with E-state index in [0.29, 0.717) is 0 Å². The molecule has 0 radical (unpaired) electrons. The van der Waals surface area contributed by atoms with Crippen molar-refractivity contribution in [3.8, 4) is 0 Å². The number of carbonyl (C=O) groups is 1. The van der Waals surface area contributed by atoms with E-state index in [4.69, 9.17) is 5.11 Å². The molecule has 1 unspecified atom stereocenters. The molecule has 0 aromatic rings. The highest BCUT2D eigenvalue weighted by molar-refractivity contribution is 5.84. The van der Waals surface area contributed by atoms with Gasteiger partial charge in [0.1, 0.15) is 0 Å². The summed E-state index contributed by atoms with van der Waals surface area (Å²) in [7, 11) is 0. The molecule has 0 saturated heterocycles. The van der Waals surface area contributed by atoms with Gasteiger partial charge in [-0.05, 0) is 12.8 Å². The molecule has 0 fully saturated rings. The number of unbranched alkanes of at least 4 members (excludes halogenated alkanes) is 6. The van der Waals surface area contributed by atoms with Crippen molar-refractivity contribution >= 4 is 11.8 Å². The van der Waals surface area contributed by atoms with Crippen LogP contribution in [0.5, 0.6) is 0 Å². The van der Waals surface area contributed by atoms with Crippen molar-refractivity contribution < 1.29 is 9.90 Å². The molecule has 21 heavy (non-hydrogen) atoms. The second kappa shape index (κ2) is 10.6. The first-order chi connectivity index (χ1) is 10.2. The molecule has 0 spiro atoms. The lowest BCUT2D eigenvalue weighted by Crippen LogP contribution is -2.39. The van der Waals surface area contributed by atoms with Gasteiger partial charge in [0.25, 0.3) is 0 Å². The van der Waals surface area contributed by atoms with Crippen molar-refractivity contribution in [2.45, 2.75) is 84.1 Å². The van der Waals surface area contributed by atoms with Crippen LogP contribution in [-0.2, 0) is 4.79 Å². The molecule has 1 aliphatic rings. The highest BCUT2D eigenvalue weighted by Gasteiger charge is 2.25. The predicted molar refractivity (Wildman–Crippen MR) is 87.9 cm³/mol. The summed E-state index contributed by atoms with van der Waals surface area (Å²) in [6.45, 7) is 6.05. The molecule has 0 bridgehead atoms. The maximum absolute atomic E-state index is 11.0. The summed E-state index contributed by atoms with van der Waals surface area (Å²) >= 11 is 0. The van der Waals surface area contributed by atoms with Crippen LogP contribution in [0.15, 0.2) is 4.99 Å². The van der Waals surface area contributed by atoms with Crippen LogP contribution in [-0.4, -0.2) is 40.9 Å². The molecule has 0 amide bonds. The average molecular weight is 296 g/mol. The molecule has 0 saturated carbocycles. The minimum absolute atomic E-state index is 0.119. The van der Waals surface area contributed by atoms with Crippen LogP contribution in [0.2, 0.25) is 0 Å². The molecule has 1 rings (SSSR count). The van der Waals surface area contributed by atoms with E-state index in [1.807, 2.05) is 0 Å². The normalized spacial score (nSPS) is 16.1. The van der Waals surface area contributed by atoms with E-state index in [0.717, 1.165) is 31.8 Å². The Morgan fingerprint density at radius 2 is 1.86 bits per heavy atom. The van der Waals surface area contributed by atoms with E-state index >= 15 is 0 Å². The van der Waals surface area contributed by atoms with Gasteiger partial charge in [0.15, 0.2) is 0 Å². The van der Waals surface area contributed by atoms with Crippen molar-refractivity contribution in [3.05, 3.63) is 0 Å². The molecular weight excluding hydrogens is 264 g/mol. The summed E-state index contributed by atoms with van der Waals surface area (Å²) in [5.41, 5.74) is 0. The van der Waals surface area contributed by atoms with E-state index in [9.17, 15) is 4.79 Å². The molecule has 4 heteroatoms. The lowest BCUT2D eigenvalue weighted by Gasteiger charge is -2.29. The second-order valence-electron chi connectivity index (χ2n) is 6.02. The quantitative estimate of drug-likeness (QED) is 0.552. The molecular formula is C17H32N2O2. The fraction of sp³-hybridized carbons (Fsp3) is 0.882. The molecule has 1 heterocycles. The SMILES string of the molecule is CCCCCCCCCC1=NCCN1C(CC)CC(=O)O. The van der Waals surface area contributed by atoms with Crippen LogP contribution in [0.3, 0.4) is 0 Å². The van der Waals surface area contributed by atoms with Gasteiger partial charge in [0.05, 0.1) is 18.8 Å². The molecule has 0 aromatic carbocycles. The molecule has 122 valence electrons. The minimum Gasteiger partial charge on any atom is -0.481 e. The zero-order valence-corrected chi connectivity index (χ0v) is 13.8. The topological polar surface area (TPSA) is 52.9 Å². The maximum atomic E-state index is 11.0. The summed E-state index contributed by atoms with van der Waals surface area (Å²) in [6, 6.07) is 0.119. The van der Waals surface area contributed by atoms with Crippen LogP contribution in [0, 0.1) is 0 Å². The molecule has 0 aromatic heterocycles. The van der Waals surface area contributed by atoms with Gasteiger partial charge in [0.2, 0.25) is 0 Å². The Bertz CT molecular complexity index is 329. The standard InChI is InChI=1S/C17H32N2O2/c1-3-5-6-7-8-9-10-11-16-18-12-13-19(16)15(4-2)14-17(20)21/h15H,3-14H2,1-2H3,(H,20,21). The van der Waals surface area contributed by atoms with Crippen LogP contribution in [0.4, 0.5) is 0 Å². The van der Waals surface area contributed by atoms with Gasteiger partial charge < -0.3 is 10.0 Å². The van der Waals surface area contributed by atoms with Gasteiger partial charge in [-0.15, -0.1) is 0 Å². The van der Waals surface area contributed by atoms with Crippen LogP contribution in [0.25, 0.3) is 0 Å². The summed E-state index contributed by atoms with van der Waals surface area (Å²) in [4.78, 5) is 17.8. The van der Waals surface area contributed by atoms with E-state index in [2.05, 4.69) is 23.7 Å². The third-order valence-electron chi connectivity index (χ3n) is 4.29. The fourth-order valence-corrected chi connectivity index (χ4v) is 3.04. The number of aliphatic carboxylic acids is 1. The number of hydrogen-bond acceptors (Lipinski definition) is 3. The third kappa shape index (κ3) is 6.96. The zero-order valence-electron chi connectivity index (χ0n) is 13.8. The first-order valence-electron chi connectivity index (χ1n) is 8.70. The number of rotatable bonds is 12. The van der Waals surface area contributed by atoms with Crippen molar-refractivity contribution in [3.63, 3.8) is 0 Å². The van der Waals surface area contributed by atoms with E-state index in [1.54, 1.807) is 0 Å². The third-order valence-corrected chi connectivity index (χ3v) is 4.29. The van der Waals surface area contributed by atoms with Crippen LogP contribution < -0.4 is 0 Å². The Morgan fingerprint density at radius 1 is 1.19 bits per heavy atom. The van der Waals surface area contributed by atoms with Gasteiger partial charge in [-0.25, -0.2) is 0 Å². The predicted octanol–water partition coefficient (Wildman–Crippen LogP) is 4.09. The van der Waals surface area contributed by atoms with Gasteiger partial charge in [-0.3, -0.25) is 9.79 Å². The molecule has 1 atom stereocenters. The zero-order chi connectivity index (χ0) is 15.5. The number of carboxylic acids is 1. The van der Waals surface area contributed by atoms with Crippen molar-refractivity contribution in [2.75, 3.05) is 13.1 Å². The van der Waals surface area contributed by atoms with Crippen molar-refractivity contribution in [2.24, 2.45) is 4.99 Å². The molecule has 4 nitrogen and oxygen atoms in total. The van der Waals surface area contributed by atoms with Crippen molar-refractivity contribution in [1.29, 1.82) is 0 Å². The van der Waals surface area contributed by atoms with E-state index in [1.165, 1.54) is 44.9 Å². The number of amidine groups is 1. The Kier molecular flexibility index (Phi) is 9.11. The highest BCUT2D eigenvalue weighted by Crippen LogP contribution is 2.18. The summed E-state index contributed by atoms with van der Waals surface area (Å²) in [5.74, 6) is 0.445. The van der Waals surface area contributed by atoms with Gasteiger partial charge >= 0.3 is 5.97 Å². The maximum Gasteiger partial charge on any atom is 0.305 e. The van der Waals surface area contributed by atoms with Crippen molar-refractivity contribution in [1.82, 2.24) is 4.90 Å². The lowest BCUT2D eigenvalue weighted by molar-refractivity contribution is -0.138. The van der Waals surface area contributed by atoms with Gasteiger partial charge in [-0.2, -0.15) is 0 Å². The monoisotopic (exact) mass is 296 g/mol. The number of carboxylic acid groups (broad SMARTS) is 1. The van der Waals surface area contributed by atoms with Gasteiger partial charge in [0, 0.05) is 19.0 Å². The fourth-order valence-electron chi connectivity index (χ4n) is 3.04. The Labute approximate surface area is 129 Å². The molecule has 0 aliphatic carbocycles. The first-order valence-corrected chi connectivity index (χ1v) is 8.70. The second-order valence-corrected chi connectivity index (χ2v) is 6.02. The van der Waals surface area contributed by atoms with E-state index in [-0.39, 0.29) is 12.5 Å². The number of nitrogens with zero attached hydrogens (tertiary/aromatic N) is 2. The molecule has 1 aliphatic heterocycles. The van der Waals surface area contributed by atoms with E-state index < -0.39 is 5.97 Å². The summed E-state index contributed by atoms with van der Waals surface area (Å²) < 4.78 is 0. The summed E-state index contributed by atoms with van der Waals surface area (Å²) in [6.07, 6.45) is 11.3. The van der Waals surface area contributed by atoms with Crippen LogP contribution in [0.1, 0.15) is 78.1 Å². The number of aliphatic imine (C=N–C) groups is 1. The summed E-state index contributed by atoms with van der Waals surface area (Å²) in [5, 5.41) is 9.01. The Balaban J connectivity index is 2.25. The van der Waals surface area contributed by atoms with Crippen LogP contribution >= 0.6 is 0 Å². The Morgan fingerprint density at radius 3 is 2.48 bits per heavy atom. The largest absolute Gasteiger partial charge is 0.481 e. The average Bonchev–Trinajstić information content (AvgIpc) is 2.92. The number of hydrogen-bond donors (Lipinski definition) is 1. The minimum atomic E-state index is -0.705. The smallest absolute Gasteiger partial charge is 0.305 e. The highest BCUT2D eigenvalue weighted by atomic mass is 16.4.